The molecule has 1 fully saturated rings. The van der Waals surface area contributed by atoms with Gasteiger partial charge >= 0.3 is 24.3 Å². The summed E-state index contributed by atoms with van der Waals surface area (Å²) in [6.07, 6.45) is -12.1. The van der Waals surface area contributed by atoms with Gasteiger partial charge in [-0.15, -0.1) is 0 Å². The Morgan fingerprint density at radius 3 is 1.56 bits per heavy atom. The van der Waals surface area contributed by atoms with Crippen LogP contribution in [0.15, 0.2) is 24.3 Å². The molecule has 1 aliphatic heterocycles. The zero-order valence-corrected chi connectivity index (χ0v) is 18.1. The lowest BCUT2D eigenvalue weighted by Gasteiger charge is -2.53. The summed E-state index contributed by atoms with van der Waals surface area (Å²) in [5.41, 5.74) is -0.467. The van der Waals surface area contributed by atoms with Gasteiger partial charge in [-0.05, 0) is 31.5 Å². The quantitative estimate of drug-likeness (QED) is 0.450. The normalized spacial score (nSPS) is 29.9. The highest BCUT2D eigenvalue weighted by atomic mass is 19.4. The molecule has 1 heterocycles. The Bertz CT molecular complexity index is 839. The van der Waals surface area contributed by atoms with Crippen molar-refractivity contribution in [3.8, 4) is 5.75 Å². The first kappa shape index (κ1) is 27.7. The monoisotopic (exact) mass is 504 g/mol. The number of aliphatic hydroxyl groups is 2. The molecule has 1 unspecified atom stereocenters. The van der Waals surface area contributed by atoms with Crippen molar-refractivity contribution in [3.05, 3.63) is 29.8 Å². The Kier molecular flexibility index (Phi) is 7.80. The third kappa shape index (κ3) is 4.66. The maximum absolute atomic E-state index is 14.0. The highest BCUT2D eigenvalue weighted by molar-refractivity contribution is 5.81. The molecule has 0 bridgehead atoms. The minimum Gasteiger partial charge on any atom is -0.497 e. The fourth-order valence-electron chi connectivity index (χ4n) is 3.80. The van der Waals surface area contributed by atoms with E-state index in [4.69, 9.17) is 4.74 Å². The van der Waals surface area contributed by atoms with E-state index in [2.05, 4.69) is 14.2 Å². The van der Waals surface area contributed by atoms with Gasteiger partial charge in [0.1, 0.15) is 17.6 Å². The number of ether oxygens (including phenoxy) is 4. The van der Waals surface area contributed by atoms with Crippen molar-refractivity contribution in [1.82, 2.24) is 0 Å². The number of hydrogen-bond acceptors (Lipinski definition) is 8. The second-order valence-electron chi connectivity index (χ2n) is 7.25. The van der Waals surface area contributed by atoms with Crippen LogP contribution in [0.4, 0.5) is 26.3 Å². The van der Waals surface area contributed by atoms with Crippen LogP contribution in [0.3, 0.4) is 0 Å². The molecule has 1 aromatic carbocycles. The Hall–Kier alpha value is -2.58. The molecule has 0 amide bonds. The van der Waals surface area contributed by atoms with Crippen LogP contribution in [0.5, 0.6) is 5.75 Å². The highest BCUT2D eigenvalue weighted by Gasteiger charge is 2.80. The van der Waals surface area contributed by atoms with Crippen LogP contribution in [-0.4, -0.2) is 66.4 Å². The first-order valence-corrected chi connectivity index (χ1v) is 9.84. The Balaban J connectivity index is 2.95. The van der Waals surface area contributed by atoms with Gasteiger partial charge in [-0.2, -0.15) is 26.3 Å². The minimum atomic E-state index is -6.05. The summed E-state index contributed by atoms with van der Waals surface area (Å²) in [6, 6.07) is 4.21. The van der Waals surface area contributed by atoms with Crippen LogP contribution < -0.4 is 4.74 Å². The van der Waals surface area contributed by atoms with Crippen LogP contribution >= 0.6 is 0 Å². The average Bonchev–Trinajstić information content (AvgIpc) is 2.72. The third-order valence-corrected chi connectivity index (χ3v) is 5.27. The molecule has 1 aromatic rings. The minimum absolute atomic E-state index is 0.133. The van der Waals surface area contributed by atoms with Crippen molar-refractivity contribution >= 4 is 11.9 Å². The van der Waals surface area contributed by atoms with Crippen molar-refractivity contribution in [2.24, 2.45) is 11.8 Å². The van der Waals surface area contributed by atoms with E-state index < -0.39 is 72.4 Å². The molecule has 0 radical (unpaired) electrons. The predicted molar refractivity (Wildman–Crippen MR) is 99.1 cm³/mol. The van der Waals surface area contributed by atoms with E-state index in [1.165, 1.54) is 21.0 Å². The van der Waals surface area contributed by atoms with Crippen molar-refractivity contribution in [2.45, 2.75) is 43.7 Å². The summed E-state index contributed by atoms with van der Waals surface area (Å²) in [4.78, 5) is 25.3. The summed E-state index contributed by atoms with van der Waals surface area (Å²) >= 11 is 0. The zero-order chi connectivity index (χ0) is 26.1. The Morgan fingerprint density at radius 2 is 1.26 bits per heavy atom. The number of rotatable bonds is 6. The van der Waals surface area contributed by atoms with E-state index in [1.807, 2.05) is 0 Å². The predicted octanol–water partition coefficient (Wildman–Crippen LogP) is 2.67. The molecule has 8 nitrogen and oxygen atoms in total. The lowest BCUT2D eigenvalue weighted by Crippen LogP contribution is -2.73. The van der Waals surface area contributed by atoms with E-state index in [9.17, 15) is 46.1 Å². The van der Waals surface area contributed by atoms with Crippen LogP contribution in [0.1, 0.15) is 25.3 Å². The second-order valence-corrected chi connectivity index (χ2v) is 7.25. The van der Waals surface area contributed by atoms with Gasteiger partial charge in [0, 0.05) is 5.92 Å². The number of methoxy groups -OCH3 is 1. The van der Waals surface area contributed by atoms with Crippen LogP contribution in [0, 0.1) is 11.8 Å². The molecule has 1 aliphatic rings. The second kappa shape index (κ2) is 9.58. The van der Waals surface area contributed by atoms with E-state index in [0.717, 1.165) is 24.3 Å². The summed E-state index contributed by atoms with van der Waals surface area (Å²) in [5.74, 6) is -21.7. The smallest absolute Gasteiger partial charge is 0.444 e. The van der Waals surface area contributed by atoms with Gasteiger partial charge in [0.25, 0.3) is 11.6 Å². The molecule has 0 spiro atoms. The molecule has 5 atom stereocenters. The number of alkyl halides is 6. The number of halogens is 6. The van der Waals surface area contributed by atoms with Gasteiger partial charge < -0.3 is 29.2 Å². The fraction of sp³-hybridized carbons (Fsp3) is 0.600. The third-order valence-electron chi connectivity index (χ3n) is 5.27. The lowest BCUT2D eigenvalue weighted by atomic mass is 9.67. The number of carbonyl (C=O) groups is 2. The Morgan fingerprint density at radius 1 is 0.882 bits per heavy atom. The molecule has 2 N–H and O–H groups in total. The average molecular weight is 504 g/mol. The van der Waals surface area contributed by atoms with Gasteiger partial charge in [0.05, 0.1) is 20.3 Å². The van der Waals surface area contributed by atoms with Crippen molar-refractivity contribution in [2.75, 3.05) is 20.3 Å². The molecular weight excluding hydrogens is 482 g/mol. The molecule has 192 valence electrons. The van der Waals surface area contributed by atoms with Gasteiger partial charge in [-0.25, -0.2) is 0 Å². The van der Waals surface area contributed by atoms with Gasteiger partial charge in [0.15, 0.2) is 0 Å². The maximum Gasteiger partial charge on any atom is 0.444 e. The van der Waals surface area contributed by atoms with Crippen LogP contribution in [-0.2, 0) is 23.8 Å². The zero-order valence-electron chi connectivity index (χ0n) is 18.1. The molecule has 0 saturated carbocycles. The molecule has 2 rings (SSSR count). The van der Waals surface area contributed by atoms with E-state index in [1.54, 1.807) is 0 Å². The summed E-state index contributed by atoms with van der Waals surface area (Å²) in [5, 5.41) is 20.9. The standard InChI is InChI=1S/C20H22F6O8/c1-4-32-15(27)13-12(10-6-8-11(31-3)9-7-10)14(16(28)33-5-2)18(30,20(24,25)26)34-17(13,29)19(21,22)23/h6-9,12-14,29-30H,4-5H2,1-3H3/t12?,13-,14-,17-,18+/m0/s1. The van der Waals surface area contributed by atoms with Crippen molar-refractivity contribution in [3.63, 3.8) is 0 Å². The summed E-state index contributed by atoms with van der Waals surface area (Å²) in [6.45, 7) is 1.36. The lowest BCUT2D eigenvalue weighted by molar-refractivity contribution is -0.507. The summed E-state index contributed by atoms with van der Waals surface area (Å²) in [7, 11) is 1.23. The van der Waals surface area contributed by atoms with E-state index in [0.29, 0.717) is 0 Å². The van der Waals surface area contributed by atoms with Crippen LogP contribution in [0.2, 0.25) is 0 Å². The van der Waals surface area contributed by atoms with Crippen molar-refractivity contribution < 1.29 is 65.1 Å². The number of benzene rings is 1. The summed E-state index contributed by atoms with van der Waals surface area (Å²) < 4.78 is 102. The van der Waals surface area contributed by atoms with Gasteiger partial charge in [-0.3, -0.25) is 9.59 Å². The first-order chi connectivity index (χ1) is 15.6. The van der Waals surface area contributed by atoms with Crippen molar-refractivity contribution in [1.29, 1.82) is 0 Å². The van der Waals surface area contributed by atoms with Crippen LogP contribution in [0.25, 0.3) is 0 Å². The molecule has 1 saturated heterocycles. The molecule has 34 heavy (non-hydrogen) atoms. The number of hydrogen-bond donors (Lipinski definition) is 2. The van der Waals surface area contributed by atoms with Gasteiger partial charge in [0.2, 0.25) is 0 Å². The number of carbonyl (C=O) groups excluding carboxylic acids is 2. The molecule has 0 aliphatic carbocycles. The van der Waals surface area contributed by atoms with Gasteiger partial charge in [-0.1, -0.05) is 12.1 Å². The SMILES string of the molecule is CCOC(=O)[C@@H]1C(c2ccc(OC)cc2)[C@@H](C(=O)OCC)[C@](O)(C(F)(F)F)O[C@]1(O)C(F)(F)F. The first-order valence-electron chi connectivity index (χ1n) is 9.84. The van der Waals surface area contributed by atoms with E-state index >= 15 is 0 Å². The molecule has 14 heteroatoms. The number of esters is 2. The maximum atomic E-state index is 14.0. The molecular formula is C20H22F6O8. The molecule has 0 aromatic heterocycles. The Labute approximate surface area is 189 Å². The highest BCUT2D eigenvalue weighted by Crippen LogP contribution is 2.59. The topological polar surface area (TPSA) is 112 Å². The largest absolute Gasteiger partial charge is 0.497 e. The fourth-order valence-corrected chi connectivity index (χ4v) is 3.80. The van der Waals surface area contributed by atoms with E-state index in [-0.39, 0.29) is 5.75 Å².